The maximum atomic E-state index is 13.5. The SMILES string of the molecule is COc1ccc(F)cc1-c1cc(N2CCCCC2)ncn1. The second kappa shape index (κ2) is 6.08. The van der Waals surface area contributed by atoms with Crippen molar-refractivity contribution in [2.75, 3.05) is 25.1 Å². The van der Waals surface area contributed by atoms with Crippen LogP contribution >= 0.6 is 0 Å². The van der Waals surface area contributed by atoms with Crippen LogP contribution in [0.3, 0.4) is 0 Å². The zero-order chi connectivity index (χ0) is 14.7. The first-order valence-corrected chi connectivity index (χ1v) is 7.19. The summed E-state index contributed by atoms with van der Waals surface area (Å²) in [5, 5.41) is 0. The molecule has 0 N–H and O–H groups in total. The van der Waals surface area contributed by atoms with E-state index in [1.165, 1.54) is 37.7 Å². The molecule has 0 bridgehead atoms. The van der Waals surface area contributed by atoms with Gasteiger partial charge in [-0.05, 0) is 37.5 Å². The number of ether oxygens (including phenoxy) is 1. The van der Waals surface area contributed by atoms with Crippen molar-refractivity contribution in [1.82, 2.24) is 9.97 Å². The molecule has 0 atom stereocenters. The van der Waals surface area contributed by atoms with Crippen LogP contribution in [0.2, 0.25) is 0 Å². The lowest BCUT2D eigenvalue weighted by molar-refractivity contribution is 0.415. The molecule has 5 heteroatoms. The van der Waals surface area contributed by atoms with E-state index in [9.17, 15) is 4.39 Å². The minimum atomic E-state index is -0.302. The van der Waals surface area contributed by atoms with Crippen molar-refractivity contribution < 1.29 is 9.13 Å². The van der Waals surface area contributed by atoms with E-state index >= 15 is 0 Å². The van der Waals surface area contributed by atoms with Gasteiger partial charge in [0.25, 0.3) is 0 Å². The third-order valence-electron chi connectivity index (χ3n) is 3.77. The number of halogens is 1. The third kappa shape index (κ3) is 2.96. The van der Waals surface area contributed by atoms with Crippen molar-refractivity contribution in [1.29, 1.82) is 0 Å². The highest BCUT2D eigenvalue weighted by atomic mass is 19.1. The van der Waals surface area contributed by atoms with E-state index in [4.69, 9.17) is 4.74 Å². The van der Waals surface area contributed by atoms with Crippen LogP contribution in [-0.2, 0) is 0 Å². The summed E-state index contributed by atoms with van der Waals surface area (Å²) >= 11 is 0. The molecule has 3 rings (SSSR count). The van der Waals surface area contributed by atoms with Gasteiger partial charge < -0.3 is 9.64 Å². The van der Waals surface area contributed by atoms with Crippen LogP contribution in [0, 0.1) is 5.82 Å². The predicted molar refractivity (Wildman–Crippen MR) is 80.0 cm³/mol. The van der Waals surface area contributed by atoms with Crippen molar-refractivity contribution >= 4 is 5.82 Å². The van der Waals surface area contributed by atoms with E-state index in [0.29, 0.717) is 17.0 Å². The molecule has 2 aromatic rings. The minimum Gasteiger partial charge on any atom is -0.496 e. The minimum absolute atomic E-state index is 0.302. The zero-order valence-electron chi connectivity index (χ0n) is 12.1. The Hall–Kier alpha value is -2.17. The molecule has 1 aromatic carbocycles. The maximum Gasteiger partial charge on any atom is 0.132 e. The average Bonchev–Trinajstić information content (AvgIpc) is 2.56. The normalized spacial score (nSPS) is 15.0. The summed E-state index contributed by atoms with van der Waals surface area (Å²) in [5.41, 5.74) is 1.33. The predicted octanol–water partition coefficient (Wildman–Crippen LogP) is 3.28. The molecule has 1 aromatic heterocycles. The Kier molecular flexibility index (Phi) is 3.99. The smallest absolute Gasteiger partial charge is 0.132 e. The fraction of sp³-hybridized carbons (Fsp3) is 0.375. The number of methoxy groups -OCH3 is 1. The Morgan fingerprint density at radius 1 is 1.10 bits per heavy atom. The van der Waals surface area contributed by atoms with Gasteiger partial charge in [-0.1, -0.05) is 0 Å². The summed E-state index contributed by atoms with van der Waals surface area (Å²) in [6.07, 6.45) is 5.17. The molecule has 0 amide bonds. The van der Waals surface area contributed by atoms with Gasteiger partial charge in [0, 0.05) is 24.7 Å². The number of anilines is 1. The van der Waals surface area contributed by atoms with Crippen molar-refractivity contribution in [2.45, 2.75) is 19.3 Å². The zero-order valence-corrected chi connectivity index (χ0v) is 12.1. The summed E-state index contributed by atoms with van der Waals surface area (Å²) in [6.45, 7) is 2.02. The van der Waals surface area contributed by atoms with Gasteiger partial charge in [-0.15, -0.1) is 0 Å². The molecule has 1 aliphatic rings. The molecule has 2 heterocycles. The topological polar surface area (TPSA) is 38.2 Å². The Labute approximate surface area is 123 Å². The van der Waals surface area contributed by atoms with E-state index < -0.39 is 0 Å². The molecule has 1 fully saturated rings. The van der Waals surface area contributed by atoms with Crippen LogP contribution in [0.5, 0.6) is 5.75 Å². The number of nitrogens with zero attached hydrogens (tertiary/aromatic N) is 3. The summed E-state index contributed by atoms with van der Waals surface area (Å²) < 4.78 is 18.8. The summed E-state index contributed by atoms with van der Waals surface area (Å²) in [7, 11) is 1.57. The van der Waals surface area contributed by atoms with Crippen molar-refractivity contribution in [2.24, 2.45) is 0 Å². The lowest BCUT2D eigenvalue weighted by Crippen LogP contribution is -2.30. The highest BCUT2D eigenvalue weighted by Crippen LogP contribution is 2.31. The number of rotatable bonds is 3. The maximum absolute atomic E-state index is 13.5. The first-order valence-electron chi connectivity index (χ1n) is 7.19. The molecule has 0 spiro atoms. The molecule has 21 heavy (non-hydrogen) atoms. The van der Waals surface area contributed by atoms with E-state index in [0.717, 1.165) is 18.9 Å². The molecular formula is C16H18FN3O. The quantitative estimate of drug-likeness (QED) is 0.868. The number of piperidine rings is 1. The first kappa shape index (κ1) is 13.8. The summed E-state index contributed by atoms with van der Waals surface area (Å²) in [4.78, 5) is 10.9. The van der Waals surface area contributed by atoms with E-state index in [2.05, 4.69) is 14.9 Å². The molecule has 0 aliphatic carbocycles. The fourth-order valence-electron chi connectivity index (χ4n) is 2.67. The van der Waals surface area contributed by atoms with Crippen LogP contribution < -0.4 is 9.64 Å². The van der Waals surface area contributed by atoms with Crippen LogP contribution in [0.25, 0.3) is 11.3 Å². The molecular weight excluding hydrogens is 269 g/mol. The number of benzene rings is 1. The Balaban J connectivity index is 1.97. The molecule has 0 radical (unpaired) electrons. The van der Waals surface area contributed by atoms with Crippen LogP contribution in [0.1, 0.15) is 19.3 Å². The van der Waals surface area contributed by atoms with E-state index in [1.807, 2.05) is 6.07 Å². The molecule has 1 saturated heterocycles. The Morgan fingerprint density at radius 3 is 2.67 bits per heavy atom. The third-order valence-corrected chi connectivity index (χ3v) is 3.77. The van der Waals surface area contributed by atoms with Gasteiger partial charge in [-0.25, -0.2) is 14.4 Å². The summed E-state index contributed by atoms with van der Waals surface area (Å²) in [6, 6.07) is 6.35. The van der Waals surface area contributed by atoms with Crippen molar-refractivity contribution in [3.8, 4) is 17.0 Å². The highest BCUT2D eigenvalue weighted by Gasteiger charge is 2.15. The number of hydrogen-bond acceptors (Lipinski definition) is 4. The van der Waals surface area contributed by atoms with Crippen LogP contribution in [0.15, 0.2) is 30.6 Å². The Morgan fingerprint density at radius 2 is 1.90 bits per heavy atom. The largest absolute Gasteiger partial charge is 0.496 e. The highest BCUT2D eigenvalue weighted by molar-refractivity contribution is 5.69. The van der Waals surface area contributed by atoms with Gasteiger partial charge in [0.15, 0.2) is 0 Å². The lowest BCUT2D eigenvalue weighted by atomic mass is 10.1. The second-order valence-electron chi connectivity index (χ2n) is 5.15. The second-order valence-corrected chi connectivity index (χ2v) is 5.15. The van der Waals surface area contributed by atoms with Crippen LogP contribution in [-0.4, -0.2) is 30.2 Å². The van der Waals surface area contributed by atoms with Crippen molar-refractivity contribution in [3.05, 3.63) is 36.4 Å². The molecule has 0 unspecified atom stereocenters. The molecule has 0 saturated carbocycles. The molecule has 110 valence electrons. The van der Waals surface area contributed by atoms with Gasteiger partial charge in [0.2, 0.25) is 0 Å². The van der Waals surface area contributed by atoms with Gasteiger partial charge in [0.1, 0.15) is 23.7 Å². The first-order chi connectivity index (χ1) is 10.3. The standard InChI is InChI=1S/C16H18FN3O/c1-21-15-6-5-12(17)9-13(15)14-10-16(19-11-18-14)20-7-3-2-4-8-20/h5-6,9-11H,2-4,7-8H2,1H3. The molecule has 4 nitrogen and oxygen atoms in total. The lowest BCUT2D eigenvalue weighted by Gasteiger charge is -2.27. The number of aromatic nitrogens is 2. The summed E-state index contributed by atoms with van der Waals surface area (Å²) in [5.74, 6) is 1.20. The average molecular weight is 287 g/mol. The van der Waals surface area contributed by atoms with E-state index in [1.54, 1.807) is 13.2 Å². The fourth-order valence-corrected chi connectivity index (χ4v) is 2.67. The van der Waals surface area contributed by atoms with E-state index in [-0.39, 0.29) is 5.82 Å². The number of hydrogen-bond donors (Lipinski definition) is 0. The van der Waals surface area contributed by atoms with Crippen molar-refractivity contribution in [3.63, 3.8) is 0 Å². The Bertz CT molecular complexity index is 627. The van der Waals surface area contributed by atoms with Gasteiger partial charge >= 0.3 is 0 Å². The monoisotopic (exact) mass is 287 g/mol. The van der Waals surface area contributed by atoms with Gasteiger partial charge in [0.05, 0.1) is 12.8 Å². The van der Waals surface area contributed by atoms with Gasteiger partial charge in [-0.2, -0.15) is 0 Å². The van der Waals surface area contributed by atoms with Gasteiger partial charge in [-0.3, -0.25) is 0 Å². The van der Waals surface area contributed by atoms with Crippen LogP contribution in [0.4, 0.5) is 10.2 Å². The molecule has 1 aliphatic heterocycles.